The third-order valence-electron chi connectivity index (χ3n) is 3.26. The van der Waals surface area contributed by atoms with Gasteiger partial charge in [0.2, 0.25) is 0 Å². The van der Waals surface area contributed by atoms with Gasteiger partial charge in [0, 0.05) is 5.69 Å². The first-order chi connectivity index (χ1) is 11.7. The van der Waals surface area contributed by atoms with Crippen molar-refractivity contribution in [1.29, 1.82) is 0 Å². The summed E-state index contributed by atoms with van der Waals surface area (Å²) in [6.45, 7) is 0. The first-order valence-electron chi connectivity index (χ1n) is 6.91. The SMILES string of the molecule is COC(=O)/C=C(/Nc1ccc2cc(S(=O)(=O)O)ccc2c1)C(=O)OC. The van der Waals surface area contributed by atoms with Crippen molar-refractivity contribution in [2.24, 2.45) is 0 Å². The number of nitrogens with one attached hydrogen (secondary N) is 1. The lowest BCUT2D eigenvalue weighted by Gasteiger charge is -2.10. The zero-order chi connectivity index (χ0) is 18.6. The Hall–Kier alpha value is -2.91. The average Bonchev–Trinajstić information content (AvgIpc) is 2.58. The van der Waals surface area contributed by atoms with Gasteiger partial charge in [-0.05, 0) is 35.0 Å². The summed E-state index contributed by atoms with van der Waals surface area (Å²) < 4.78 is 40.5. The lowest BCUT2D eigenvalue weighted by atomic mass is 10.1. The second-order valence-corrected chi connectivity index (χ2v) is 6.32. The molecule has 0 fully saturated rings. The van der Waals surface area contributed by atoms with Crippen LogP contribution < -0.4 is 5.32 Å². The van der Waals surface area contributed by atoms with Crippen LogP contribution in [0.25, 0.3) is 10.8 Å². The molecule has 2 aromatic rings. The molecule has 0 aromatic heterocycles. The van der Waals surface area contributed by atoms with Crippen LogP contribution in [0.2, 0.25) is 0 Å². The topological polar surface area (TPSA) is 119 Å². The first-order valence-corrected chi connectivity index (χ1v) is 8.35. The standard InChI is InChI=1S/C16H15NO7S/c1-23-15(18)9-14(16(19)24-2)17-12-5-3-11-8-13(25(20,21)22)6-4-10(11)7-12/h3-9,17H,1-2H3,(H,20,21,22)/b14-9+. The number of carbonyl (C=O) groups is 2. The van der Waals surface area contributed by atoms with Gasteiger partial charge in [-0.1, -0.05) is 12.1 Å². The minimum Gasteiger partial charge on any atom is -0.466 e. The minimum absolute atomic E-state index is 0.122. The van der Waals surface area contributed by atoms with Gasteiger partial charge in [-0.25, -0.2) is 9.59 Å². The first kappa shape index (κ1) is 18.4. The van der Waals surface area contributed by atoms with E-state index in [1.165, 1.54) is 32.4 Å². The minimum atomic E-state index is -4.29. The summed E-state index contributed by atoms with van der Waals surface area (Å²) >= 11 is 0. The zero-order valence-corrected chi connectivity index (χ0v) is 14.2. The Morgan fingerprint density at radius 2 is 1.68 bits per heavy atom. The molecule has 0 amide bonds. The van der Waals surface area contributed by atoms with Crippen LogP contribution in [-0.2, 0) is 29.2 Å². The molecule has 2 rings (SSSR count). The van der Waals surface area contributed by atoms with E-state index in [-0.39, 0.29) is 10.6 Å². The monoisotopic (exact) mass is 365 g/mol. The lowest BCUT2D eigenvalue weighted by Crippen LogP contribution is -2.15. The Balaban J connectivity index is 2.39. The van der Waals surface area contributed by atoms with E-state index in [0.29, 0.717) is 16.5 Å². The van der Waals surface area contributed by atoms with Gasteiger partial charge < -0.3 is 14.8 Å². The second-order valence-electron chi connectivity index (χ2n) is 4.90. The number of hydrogen-bond acceptors (Lipinski definition) is 7. The van der Waals surface area contributed by atoms with Gasteiger partial charge >= 0.3 is 11.9 Å². The molecular weight excluding hydrogens is 350 g/mol. The lowest BCUT2D eigenvalue weighted by molar-refractivity contribution is -0.138. The van der Waals surface area contributed by atoms with E-state index in [1.54, 1.807) is 18.2 Å². The average molecular weight is 365 g/mol. The number of rotatable bonds is 5. The number of fused-ring (bicyclic) bond motifs is 1. The molecule has 0 saturated carbocycles. The van der Waals surface area contributed by atoms with Crippen LogP contribution in [0.4, 0.5) is 5.69 Å². The fraction of sp³-hybridized carbons (Fsp3) is 0.125. The van der Waals surface area contributed by atoms with E-state index in [4.69, 9.17) is 4.55 Å². The molecule has 0 saturated heterocycles. The van der Waals surface area contributed by atoms with Gasteiger partial charge in [-0.3, -0.25) is 4.55 Å². The predicted octanol–water partition coefficient (Wildman–Crippen LogP) is 1.73. The third-order valence-corrected chi connectivity index (χ3v) is 4.11. The third kappa shape index (κ3) is 4.55. The Kier molecular flexibility index (Phi) is 5.40. The fourth-order valence-electron chi connectivity index (χ4n) is 2.05. The van der Waals surface area contributed by atoms with Crippen LogP contribution >= 0.6 is 0 Å². The van der Waals surface area contributed by atoms with Crippen LogP contribution in [0.3, 0.4) is 0 Å². The number of benzene rings is 2. The van der Waals surface area contributed by atoms with Gasteiger partial charge in [0.1, 0.15) is 5.70 Å². The maximum Gasteiger partial charge on any atom is 0.354 e. The Labute approximate surface area is 143 Å². The van der Waals surface area contributed by atoms with Crippen molar-refractivity contribution in [1.82, 2.24) is 0 Å². The molecule has 0 bridgehead atoms. The Morgan fingerprint density at radius 1 is 1.04 bits per heavy atom. The van der Waals surface area contributed by atoms with Crippen LogP contribution in [0.1, 0.15) is 0 Å². The molecule has 132 valence electrons. The molecule has 9 heteroatoms. The summed E-state index contributed by atoms with van der Waals surface area (Å²) in [4.78, 5) is 22.9. The molecule has 0 atom stereocenters. The van der Waals surface area contributed by atoms with Crippen molar-refractivity contribution in [2.75, 3.05) is 19.5 Å². The van der Waals surface area contributed by atoms with Gasteiger partial charge in [0.25, 0.3) is 10.1 Å². The van der Waals surface area contributed by atoms with E-state index < -0.39 is 22.1 Å². The summed E-state index contributed by atoms with van der Waals surface area (Å²) in [6, 6.07) is 8.89. The van der Waals surface area contributed by atoms with E-state index in [2.05, 4.69) is 14.8 Å². The molecule has 8 nitrogen and oxygen atoms in total. The quantitative estimate of drug-likeness (QED) is 0.467. The highest BCUT2D eigenvalue weighted by atomic mass is 32.2. The van der Waals surface area contributed by atoms with Crippen LogP contribution in [0.5, 0.6) is 0 Å². The van der Waals surface area contributed by atoms with E-state index in [0.717, 1.165) is 6.08 Å². The molecule has 0 aliphatic carbocycles. The van der Waals surface area contributed by atoms with Crippen molar-refractivity contribution >= 4 is 38.5 Å². The number of methoxy groups -OCH3 is 2. The number of hydrogen-bond donors (Lipinski definition) is 2. The fourth-order valence-corrected chi connectivity index (χ4v) is 2.57. The highest BCUT2D eigenvalue weighted by Crippen LogP contribution is 2.23. The molecule has 0 aliphatic rings. The molecule has 0 unspecified atom stereocenters. The molecule has 25 heavy (non-hydrogen) atoms. The van der Waals surface area contributed by atoms with E-state index in [9.17, 15) is 18.0 Å². The number of anilines is 1. The second kappa shape index (κ2) is 7.32. The van der Waals surface area contributed by atoms with Crippen LogP contribution in [-0.4, -0.2) is 39.1 Å². The predicted molar refractivity (Wildman–Crippen MR) is 89.5 cm³/mol. The van der Waals surface area contributed by atoms with Crippen LogP contribution in [0, 0.1) is 0 Å². The molecule has 0 radical (unpaired) electrons. The van der Waals surface area contributed by atoms with Gasteiger partial charge in [-0.2, -0.15) is 8.42 Å². The van der Waals surface area contributed by atoms with Crippen molar-refractivity contribution < 1.29 is 32.0 Å². The van der Waals surface area contributed by atoms with Gasteiger partial charge in [0.05, 0.1) is 25.2 Å². The molecule has 0 aliphatic heterocycles. The van der Waals surface area contributed by atoms with Gasteiger partial charge in [-0.15, -0.1) is 0 Å². The summed E-state index contributed by atoms with van der Waals surface area (Å²) in [6.07, 6.45) is 0.956. The number of ether oxygens (including phenoxy) is 2. The van der Waals surface area contributed by atoms with E-state index in [1.807, 2.05) is 0 Å². The summed E-state index contributed by atoms with van der Waals surface area (Å²) in [7, 11) is -1.94. The number of carbonyl (C=O) groups excluding carboxylic acids is 2. The van der Waals surface area contributed by atoms with Crippen LogP contribution in [0.15, 0.2) is 53.1 Å². The van der Waals surface area contributed by atoms with Crippen molar-refractivity contribution in [3.8, 4) is 0 Å². The highest BCUT2D eigenvalue weighted by Gasteiger charge is 2.14. The van der Waals surface area contributed by atoms with E-state index >= 15 is 0 Å². The maximum absolute atomic E-state index is 11.7. The molecule has 2 aromatic carbocycles. The molecule has 0 heterocycles. The van der Waals surface area contributed by atoms with Gasteiger partial charge in [0.15, 0.2) is 0 Å². The summed E-state index contributed by atoms with van der Waals surface area (Å²) in [5.41, 5.74) is 0.343. The van der Waals surface area contributed by atoms with Crippen molar-refractivity contribution in [2.45, 2.75) is 4.90 Å². The maximum atomic E-state index is 11.7. The molecule has 2 N–H and O–H groups in total. The largest absolute Gasteiger partial charge is 0.466 e. The smallest absolute Gasteiger partial charge is 0.354 e. The highest BCUT2D eigenvalue weighted by molar-refractivity contribution is 7.85. The number of esters is 2. The Bertz CT molecular complexity index is 964. The molecular formula is C16H15NO7S. The normalized spacial score (nSPS) is 11.9. The summed E-state index contributed by atoms with van der Waals surface area (Å²) in [5, 5.41) is 3.97. The Morgan fingerprint density at radius 3 is 2.28 bits per heavy atom. The summed E-state index contributed by atoms with van der Waals surface area (Å²) in [5.74, 6) is -1.49. The molecule has 0 spiro atoms. The van der Waals surface area contributed by atoms with Crippen molar-refractivity contribution in [3.05, 3.63) is 48.2 Å². The zero-order valence-electron chi connectivity index (χ0n) is 13.3. The van der Waals surface area contributed by atoms with Crippen molar-refractivity contribution in [3.63, 3.8) is 0 Å².